The summed E-state index contributed by atoms with van der Waals surface area (Å²) >= 11 is 0. The maximum Gasteiger partial charge on any atom is 0.310 e. The van der Waals surface area contributed by atoms with E-state index in [2.05, 4.69) is 0 Å². The molecule has 20 heavy (non-hydrogen) atoms. The lowest BCUT2D eigenvalue weighted by Crippen LogP contribution is -2.24. The molecule has 0 bridgehead atoms. The Balaban J connectivity index is 2.34. The summed E-state index contributed by atoms with van der Waals surface area (Å²) in [5.41, 5.74) is 0.682. The number of rotatable bonds is 4. The molecular weight excluding hydrogens is 260 g/mol. The minimum absolute atomic E-state index is 0.0714. The number of likely N-dealkylation sites (N-methyl/N-ethyl adjacent to an activating group) is 1. The molecular formula is C14H18N2O4. The zero-order valence-corrected chi connectivity index (χ0v) is 11.6. The SMILES string of the molecule is CCOC(=O)[C@@H]1CN(C)C[C@H]1c1ccccc1[N+](=O)[O-]. The molecule has 108 valence electrons. The number of hydrogen-bond donors (Lipinski definition) is 0. The lowest BCUT2D eigenvalue weighted by Gasteiger charge is -2.17. The molecule has 1 heterocycles. The van der Waals surface area contributed by atoms with Gasteiger partial charge in [0.15, 0.2) is 0 Å². The van der Waals surface area contributed by atoms with Gasteiger partial charge in [0.05, 0.1) is 17.4 Å². The molecule has 0 aliphatic carbocycles. The van der Waals surface area contributed by atoms with Crippen LogP contribution in [0.3, 0.4) is 0 Å². The Kier molecular flexibility index (Phi) is 4.34. The van der Waals surface area contributed by atoms with E-state index in [0.29, 0.717) is 25.3 Å². The van der Waals surface area contributed by atoms with Crippen molar-refractivity contribution in [3.05, 3.63) is 39.9 Å². The van der Waals surface area contributed by atoms with Crippen LogP contribution in [0.15, 0.2) is 24.3 Å². The molecule has 1 aliphatic rings. The van der Waals surface area contributed by atoms with Crippen molar-refractivity contribution in [3.63, 3.8) is 0 Å². The molecule has 0 spiro atoms. The third-order valence-corrected chi connectivity index (χ3v) is 3.62. The minimum Gasteiger partial charge on any atom is -0.466 e. The number of benzene rings is 1. The summed E-state index contributed by atoms with van der Waals surface area (Å²) in [5.74, 6) is -0.818. The smallest absolute Gasteiger partial charge is 0.310 e. The van der Waals surface area contributed by atoms with Crippen molar-refractivity contribution in [2.75, 3.05) is 26.7 Å². The summed E-state index contributed by atoms with van der Waals surface area (Å²) in [4.78, 5) is 24.8. The molecule has 0 radical (unpaired) electrons. The second kappa shape index (κ2) is 6.00. The molecule has 1 aliphatic heterocycles. The summed E-state index contributed by atoms with van der Waals surface area (Å²) < 4.78 is 5.09. The first-order chi connectivity index (χ1) is 9.54. The molecule has 0 unspecified atom stereocenters. The maximum absolute atomic E-state index is 12.0. The van der Waals surface area contributed by atoms with Crippen molar-refractivity contribution in [2.45, 2.75) is 12.8 Å². The number of ether oxygens (including phenoxy) is 1. The number of nitro benzene ring substituents is 1. The lowest BCUT2D eigenvalue weighted by atomic mass is 9.88. The molecule has 1 fully saturated rings. The number of hydrogen-bond acceptors (Lipinski definition) is 5. The quantitative estimate of drug-likeness (QED) is 0.477. The standard InChI is InChI=1S/C14H18N2O4/c1-3-20-14(17)12-9-15(2)8-11(12)10-6-4-5-7-13(10)16(18)19/h4-7,11-12H,3,8-9H2,1-2H3/t11-,12+/m0/s1. The molecule has 1 aromatic rings. The van der Waals surface area contributed by atoms with Gasteiger partial charge < -0.3 is 9.64 Å². The highest BCUT2D eigenvalue weighted by molar-refractivity contribution is 5.75. The van der Waals surface area contributed by atoms with Crippen LogP contribution in [-0.4, -0.2) is 42.5 Å². The van der Waals surface area contributed by atoms with Gasteiger partial charge >= 0.3 is 5.97 Å². The Bertz CT molecular complexity index is 518. The van der Waals surface area contributed by atoms with Gasteiger partial charge in [0.2, 0.25) is 0 Å². The normalized spacial score (nSPS) is 22.7. The predicted molar refractivity (Wildman–Crippen MR) is 73.5 cm³/mol. The van der Waals surface area contributed by atoms with Crippen molar-refractivity contribution in [1.29, 1.82) is 0 Å². The zero-order chi connectivity index (χ0) is 14.7. The average Bonchev–Trinajstić information content (AvgIpc) is 2.81. The third kappa shape index (κ3) is 2.80. The van der Waals surface area contributed by atoms with Gasteiger partial charge in [0.25, 0.3) is 5.69 Å². The van der Waals surface area contributed by atoms with Crippen LogP contribution in [0.4, 0.5) is 5.69 Å². The van der Waals surface area contributed by atoms with Gasteiger partial charge in [-0.15, -0.1) is 0 Å². The van der Waals surface area contributed by atoms with Crippen LogP contribution in [0.1, 0.15) is 18.4 Å². The summed E-state index contributed by atoms with van der Waals surface area (Å²) in [5, 5.41) is 11.1. The largest absolute Gasteiger partial charge is 0.466 e. The van der Waals surface area contributed by atoms with Gasteiger partial charge in [-0.25, -0.2) is 0 Å². The fraction of sp³-hybridized carbons (Fsp3) is 0.500. The van der Waals surface area contributed by atoms with E-state index in [9.17, 15) is 14.9 Å². The molecule has 0 amide bonds. The fourth-order valence-electron chi connectivity index (χ4n) is 2.77. The Morgan fingerprint density at radius 3 is 2.80 bits per heavy atom. The molecule has 0 aromatic heterocycles. The number of nitro groups is 1. The van der Waals surface area contributed by atoms with Gasteiger partial charge in [0, 0.05) is 30.6 Å². The van der Waals surface area contributed by atoms with Gasteiger partial charge in [-0.3, -0.25) is 14.9 Å². The summed E-state index contributed by atoms with van der Waals surface area (Å²) in [6, 6.07) is 6.62. The van der Waals surface area contributed by atoms with E-state index in [1.54, 1.807) is 25.1 Å². The minimum atomic E-state index is -0.393. The number of likely N-dealkylation sites (tertiary alicyclic amines) is 1. The van der Waals surface area contributed by atoms with Crippen LogP contribution < -0.4 is 0 Å². The highest BCUT2D eigenvalue weighted by atomic mass is 16.6. The van der Waals surface area contributed by atoms with Crippen LogP contribution in [-0.2, 0) is 9.53 Å². The second-order valence-electron chi connectivity index (χ2n) is 5.00. The van der Waals surface area contributed by atoms with Gasteiger partial charge in [-0.2, -0.15) is 0 Å². The summed E-state index contributed by atoms with van der Waals surface area (Å²) in [7, 11) is 1.90. The van der Waals surface area contributed by atoms with Crippen LogP contribution in [0, 0.1) is 16.0 Å². The van der Waals surface area contributed by atoms with E-state index in [4.69, 9.17) is 4.74 Å². The Hall–Kier alpha value is -1.95. The van der Waals surface area contributed by atoms with E-state index in [1.807, 2.05) is 11.9 Å². The fourth-order valence-corrected chi connectivity index (χ4v) is 2.77. The highest BCUT2D eigenvalue weighted by Crippen LogP contribution is 2.37. The molecule has 2 rings (SSSR count). The van der Waals surface area contributed by atoms with E-state index in [0.717, 1.165) is 0 Å². The van der Waals surface area contributed by atoms with E-state index < -0.39 is 4.92 Å². The second-order valence-corrected chi connectivity index (χ2v) is 5.00. The van der Waals surface area contributed by atoms with Crippen molar-refractivity contribution in [3.8, 4) is 0 Å². The van der Waals surface area contributed by atoms with Gasteiger partial charge in [0.1, 0.15) is 0 Å². The van der Waals surface area contributed by atoms with Gasteiger partial charge in [-0.1, -0.05) is 18.2 Å². The average molecular weight is 278 g/mol. The molecule has 2 atom stereocenters. The summed E-state index contributed by atoms with van der Waals surface area (Å²) in [6.45, 7) is 3.27. The highest BCUT2D eigenvalue weighted by Gasteiger charge is 2.40. The van der Waals surface area contributed by atoms with Crippen molar-refractivity contribution in [1.82, 2.24) is 4.90 Å². The molecule has 1 saturated heterocycles. The van der Waals surface area contributed by atoms with Crippen molar-refractivity contribution >= 4 is 11.7 Å². The Morgan fingerprint density at radius 1 is 1.45 bits per heavy atom. The van der Waals surface area contributed by atoms with Crippen molar-refractivity contribution in [2.24, 2.45) is 5.92 Å². The van der Waals surface area contributed by atoms with E-state index in [-0.39, 0.29) is 23.5 Å². The first-order valence-corrected chi connectivity index (χ1v) is 6.63. The van der Waals surface area contributed by atoms with E-state index in [1.165, 1.54) is 6.07 Å². The lowest BCUT2D eigenvalue weighted by molar-refractivity contribution is -0.385. The number of carbonyl (C=O) groups excluding carboxylic acids is 1. The van der Waals surface area contributed by atoms with Crippen molar-refractivity contribution < 1.29 is 14.5 Å². The van der Waals surface area contributed by atoms with Crippen LogP contribution in [0.25, 0.3) is 0 Å². The monoisotopic (exact) mass is 278 g/mol. The van der Waals surface area contributed by atoms with Crippen LogP contribution >= 0.6 is 0 Å². The Morgan fingerprint density at radius 2 is 2.15 bits per heavy atom. The number of carbonyl (C=O) groups is 1. The number of para-hydroxylation sites is 1. The third-order valence-electron chi connectivity index (χ3n) is 3.62. The molecule has 1 aromatic carbocycles. The Labute approximate surface area is 117 Å². The number of esters is 1. The molecule has 6 heteroatoms. The molecule has 0 N–H and O–H groups in total. The molecule has 0 saturated carbocycles. The topological polar surface area (TPSA) is 72.7 Å². The first-order valence-electron chi connectivity index (χ1n) is 6.63. The zero-order valence-electron chi connectivity index (χ0n) is 11.6. The maximum atomic E-state index is 12.0. The summed E-state index contributed by atoms with van der Waals surface area (Å²) in [6.07, 6.45) is 0. The van der Waals surface area contributed by atoms with Crippen LogP contribution in [0.2, 0.25) is 0 Å². The number of nitrogens with zero attached hydrogens (tertiary/aromatic N) is 2. The first kappa shape index (κ1) is 14.5. The molecule has 6 nitrogen and oxygen atoms in total. The predicted octanol–water partition coefficient (Wildman–Crippen LogP) is 1.80. The van der Waals surface area contributed by atoms with E-state index >= 15 is 0 Å². The van der Waals surface area contributed by atoms with Gasteiger partial charge in [-0.05, 0) is 14.0 Å². The van der Waals surface area contributed by atoms with Crippen LogP contribution in [0.5, 0.6) is 0 Å².